The maximum atomic E-state index is 13.0. The fourth-order valence-corrected chi connectivity index (χ4v) is 5.65. The predicted octanol–water partition coefficient (Wildman–Crippen LogP) is 3.55. The molecule has 1 fully saturated rings. The number of fused-ring (bicyclic) bond motifs is 1. The van der Waals surface area contributed by atoms with Crippen LogP contribution in [0.4, 0.5) is 5.69 Å². The number of nitrogens with zero attached hydrogens (tertiary/aromatic N) is 4. The van der Waals surface area contributed by atoms with E-state index in [-0.39, 0.29) is 16.5 Å². The number of imidazole rings is 1. The van der Waals surface area contributed by atoms with Crippen LogP contribution < -0.4 is 0 Å². The van der Waals surface area contributed by atoms with Crippen LogP contribution in [0.2, 0.25) is 0 Å². The third-order valence-corrected chi connectivity index (χ3v) is 7.76. The Morgan fingerprint density at radius 2 is 1.81 bits per heavy atom. The second-order valence-corrected chi connectivity index (χ2v) is 9.67. The Morgan fingerprint density at radius 1 is 1.12 bits per heavy atom. The fourth-order valence-electron chi connectivity index (χ4n) is 4.18. The van der Waals surface area contributed by atoms with Gasteiger partial charge in [0.05, 0.1) is 27.5 Å². The fraction of sp³-hybridized carbons (Fsp3) is 0.409. The van der Waals surface area contributed by atoms with E-state index in [9.17, 15) is 18.5 Å². The Kier molecular flexibility index (Phi) is 6.54. The topological polar surface area (TPSA) is 108 Å². The minimum absolute atomic E-state index is 0.0745. The Bertz CT molecular complexity index is 1200. The lowest BCUT2D eigenvalue weighted by molar-refractivity contribution is -0.384. The van der Waals surface area contributed by atoms with Gasteiger partial charge in [0, 0.05) is 44.3 Å². The molecule has 0 atom stereocenters. The number of nitro groups is 1. The van der Waals surface area contributed by atoms with Gasteiger partial charge in [-0.05, 0) is 44.0 Å². The van der Waals surface area contributed by atoms with Gasteiger partial charge in [0.2, 0.25) is 10.0 Å². The zero-order valence-corrected chi connectivity index (χ0v) is 18.7. The molecule has 1 aliphatic heterocycles. The van der Waals surface area contributed by atoms with E-state index in [1.165, 1.54) is 28.6 Å². The van der Waals surface area contributed by atoms with E-state index in [0.717, 1.165) is 16.9 Å². The summed E-state index contributed by atoms with van der Waals surface area (Å²) in [5.74, 6) is 1.12. The summed E-state index contributed by atoms with van der Waals surface area (Å²) in [6, 6.07) is 13.0. The highest BCUT2D eigenvalue weighted by atomic mass is 32.2. The van der Waals surface area contributed by atoms with Crippen LogP contribution in [0.3, 0.4) is 0 Å². The number of aromatic nitrogens is 2. The van der Waals surface area contributed by atoms with Crippen LogP contribution in [0.1, 0.15) is 31.5 Å². The number of hydrogen-bond donors (Lipinski definition) is 0. The first-order chi connectivity index (χ1) is 15.4. The number of hydrogen-bond acceptors (Lipinski definition) is 6. The van der Waals surface area contributed by atoms with E-state index in [0.29, 0.717) is 45.7 Å². The number of benzene rings is 2. The molecule has 170 valence electrons. The Labute approximate surface area is 186 Å². The summed E-state index contributed by atoms with van der Waals surface area (Å²) in [7, 11) is -3.70. The largest absolute Gasteiger partial charge is 0.380 e. The molecule has 0 spiro atoms. The van der Waals surface area contributed by atoms with E-state index in [4.69, 9.17) is 9.72 Å². The lowest BCUT2D eigenvalue weighted by Crippen LogP contribution is -2.38. The van der Waals surface area contributed by atoms with Gasteiger partial charge in [0.25, 0.3) is 5.69 Å². The van der Waals surface area contributed by atoms with Gasteiger partial charge in [0.1, 0.15) is 5.82 Å². The number of rotatable bonds is 8. The second-order valence-electron chi connectivity index (χ2n) is 7.74. The molecule has 0 aliphatic carbocycles. The van der Waals surface area contributed by atoms with Crippen molar-refractivity contribution in [3.8, 4) is 0 Å². The molecule has 1 aromatic heterocycles. The molecule has 2 heterocycles. The van der Waals surface area contributed by atoms with E-state index < -0.39 is 14.9 Å². The van der Waals surface area contributed by atoms with Crippen molar-refractivity contribution in [3.05, 3.63) is 64.5 Å². The maximum Gasteiger partial charge on any atom is 0.269 e. The Hall–Kier alpha value is -2.82. The van der Waals surface area contributed by atoms with Gasteiger partial charge >= 0.3 is 0 Å². The monoisotopic (exact) mass is 458 g/mol. The molecule has 9 nitrogen and oxygen atoms in total. The van der Waals surface area contributed by atoms with Crippen molar-refractivity contribution in [1.29, 1.82) is 0 Å². The lowest BCUT2D eigenvalue weighted by atomic mass is 9.97. The number of sulfonamides is 1. The van der Waals surface area contributed by atoms with Crippen molar-refractivity contribution in [3.63, 3.8) is 0 Å². The summed E-state index contributed by atoms with van der Waals surface area (Å²) < 4.78 is 35.2. The average molecular weight is 459 g/mol. The highest BCUT2D eigenvalue weighted by molar-refractivity contribution is 7.89. The molecule has 4 rings (SSSR count). The van der Waals surface area contributed by atoms with Crippen LogP contribution in [0.25, 0.3) is 11.0 Å². The molecule has 2 aromatic carbocycles. The molecule has 32 heavy (non-hydrogen) atoms. The van der Waals surface area contributed by atoms with Gasteiger partial charge in [-0.15, -0.1) is 0 Å². The summed E-state index contributed by atoms with van der Waals surface area (Å²) >= 11 is 0. The first kappa shape index (κ1) is 22.4. The minimum atomic E-state index is -3.70. The summed E-state index contributed by atoms with van der Waals surface area (Å²) in [5.41, 5.74) is 1.86. The van der Waals surface area contributed by atoms with Crippen LogP contribution in [0.5, 0.6) is 0 Å². The molecule has 1 aliphatic rings. The maximum absolute atomic E-state index is 13.0. The second kappa shape index (κ2) is 9.35. The predicted molar refractivity (Wildman–Crippen MR) is 120 cm³/mol. The van der Waals surface area contributed by atoms with E-state index in [2.05, 4.69) is 4.57 Å². The van der Waals surface area contributed by atoms with E-state index in [1.807, 2.05) is 31.2 Å². The molecular formula is C22H26N4O5S. The smallest absolute Gasteiger partial charge is 0.269 e. The summed E-state index contributed by atoms with van der Waals surface area (Å²) in [4.78, 5) is 15.2. The van der Waals surface area contributed by atoms with Gasteiger partial charge in [-0.1, -0.05) is 12.1 Å². The molecule has 1 saturated heterocycles. The Balaban J connectivity index is 1.51. The number of para-hydroxylation sites is 2. The first-order valence-corrected chi connectivity index (χ1v) is 12.1. The average Bonchev–Trinajstić information content (AvgIpc) is 3.18. The van der Waals surface area contributed by atoms with Crippen molar-refractivity contribution >= 4 is 26.7 Å². The minimum Gasteiger partial charge on any atom is -0.380 e. The SMILES string of the molecule is CCOCCn1c(C2CCN(S(=O)(=O)c3ccc([N+](=O)[O-])cc3)CC2)nc2ccccc21. The third-order valence-electron chi connectivity index (χ3n) is 5.85. The van der Waals surface area contributed by atoms with Crippen LogP contribution >= 0.6 is 0 Å². The standard InChI is InChI=1S/C22H26N4O5S/c1-2-31-16-15-25-21-6-4-3-5-20(21)23-22(25)17-11-13-24(14-12-17)32(29,30)19-9-7-18(8-10-19)26(27)28/h3-10,17H,2,11-16H2,1H3. The zero-order valence-electron chi connectivity index (χ0n) is 17.9. The zero-order chi connectivity index (χ0) is 22.7. The molecule has 0 bridgehead atoms. The first-order valence-electron chi connectivity index (χ1n) is 10.7. The third kappa shape index (κ3) is 4.38. The summed E-state index contributed by atoms with van der Waals surface area (Å²) in [6.07, 6.45) is 1.31. The number of non-ortho nitro benzene ring substituents is 1. The quantitative estimate of drug-likeness (QED) is 0.290. The van der Waals surface area contributed by atoms with Crippen molar-refractivity contribution < 1.29 is 18.1 Å². The summed E-state index contributed by atoms with van der Waals surface area (Å²) in [5, 5.41) is 10.8. The molecule has 0 radical (unpaired) electrons. The Morgan fingerprint density at radius 3 is 2.47 bits per heavy atom. The highest BCUT2D eigenvalue weighted by Crippen LogP contribution is 2.32. The number of piperidine rings is 1. The normalized spacial score (nSPS) is 15.9. The lowest BCUT2D eigenvalue weighted by Gasteiger charge is -2.31. The van der Waals surface area contributed by atoms with Crippen molar-refractivity contribution in [1.82, 2.24) is 13.9 Å². The van der Waals surface area contributed by atoms with Gasteiger partial charge in [0.15, 0.2) is 0 Å². The van der Waals surface area contributed by atoms with Crippen LogP contribution in [-0.4, -0.2) is 53.5 Å². The van der Waals surface area contributed by atoms with E-state index in [1.54, 1.807) is 0 Å². The molecule has 0 N–H and O–H groups in total. The van der Waals surface area contributed by atoms with Crippen molar-refractivity contribution in [2.45, 2.75) is 37.1 Å². The molecular weight excluding hydrogens is 432 g/mol. The molecule has 0 unspecified atom stereocenters. The molecule has 10 heteroatoms. The van der Waals surface area contributed by atoms with Crippen molar-refractivity contribution in [2.24, 2.45) is 0 Å². The van der Waals surface area contributed by atoms with Gasteiger partial charge in [-0.3, -0.25) is 10.1 Å². The van der Waals surface area contributed by atoms with Crippen LogP contribution in [-0.2, 0) is 21.3 Å². The number of nitro benzene ring substituents is 1. The summed E-state index contributed by atoms with van der Waals surface area (Å²) in [6.45, 7) is 4.66. The van der Waals surface area contributed by atoms with Crippen LogP contribution in [0.15, 0.2) is 53.4 Å². The molecule has 0 amide bonds. The highest BCUT2D eigenvalue weighted by Gasteiger charge is 2.32. The van der Waals surface area contributed by atoms with Crippen LogP contribution in [0, 0.1) is 10.1 Å². The molecule has 3 aromatic rings. The van der Waals surface area contributed by atoms with Crippen molar-refractivity contribution in [2.75, 3.05) is 26.3 Å². The molecule has 0 saturated carbocycles. The number of ether oxygens (including phenoxy) is 1. The van der Waals surface area contributed by atoms with E-state index >= 15 is 0 Å². The van der Waals surface area contributed by atoms with Gasteiger partial charge in [-0.25, -0.2) is 13.4 Å². The van der Waals surface area contributed by atoms with Gasteiger partial charge < -0.3 is 9.30 Å². The van der Waals surface area contributed by atoms with Gasteiger partial charge in [-0.2, -0.15) is 4.31 Å².